The maximum atomic E-state index is 12.3. The molecule has 24 heavy (non-hydrogen) atoms. The second-order valence-electron chi connectivity index (χ2n) is 5.89. The molecule has 0 saturated carbocycles. The van der Waals surface area contributed by atoms with Gasteiger partial charge in [-0.2, -0.15) is 0 Å². The molecule has 0 bridgehead atoms. The first-order valence-corrected chi connectivity index (χ1v) is 8.29. The van der Waals surface area contributed by atoms with E-state index in [0.717, 1.165) is 38.4 Å². The number of furan rings is 1. The second-order valence-corrected chi connectivity index (χ2v) is 5.89. The molecular weight excluding hydrogens is 304 g/mol. The third kappa shape index (κ3) is 4.81. The average Bonchev–Trinajstić information content (AvgIpc) is 3.15. The maximum absolute atomic E-state index is 12.3. The van der Waals surface area contributed by atoms with Crippen LogP contribution in [0.5, 0.6) is 0 Å². The number of benzene rings is 1. The summed E-state index contributed by atoms with van der Waals surface area (Å²) in [6.45, 7) is 4.36. The number of quaternary nitrogens is 1. The largest absolute Gasteiger partial charge is 0.465 e. The Balaban J connectivity index is 1.66. The molecule has 126 valence electrons. The van der Waals surface area contributed by atoms with Gasteiger partial charge in [-0.05, 0) is 23.8 Å². The Bertz CT molecular complexity index is 647. The second kappa shape index (κ2) is 8.47. The zero-order valence-electron chi connectivity index (χ0n) is 13.6. The van der Waals surface area contributed by atoms with Crippen LogP contribution in [0.3, 0.4) is 0 Å². The van der Waals surface area contributed by atoms with Gasteiger partial charge in [0.2, 0.25) is 5.91 Å². The quantitative estimate of drug-likeness (QED) is 0.780. The van der Waals surface area contributed by atoms with Gasteiger partial charge in [-0.1, -0.05) is 30.3 Å². The lowest BCUT2D eigenvalue weighted by Crippen LogP contribution is -3.14. The smallest absolute Gasteiger partial charge is 0.244 e. The summed E-state index contributed by atoms with van der Waals surface area (Å²) in [5.74, 6) is 0.549. The number of ether oxygens (including phenoxy) is 1. The summed E-state index contributed by atoms with van der Waals surface area (Å²) in [6.07, 6.45) is 4.79. The summed E-state index contributed by atoms with van der Waals surface area (Å²) < 4.78 is 10.6. The molecule has 1 aromatic heterocycles. The lowest BCUT2D eigenvalue weighted by Gasteiger charge is -2.28. The van der Waals surface area contributed by atoms with Crippen LogP contribution in [0, 0.1) is 0 Å². The molecule has 1 saturated heterocycles. The Labute approximate surface area is 141 Å². The first-order valence-electron chi connectivity index (χ1n) is 8.29. The lowest BCUT2D eigenvalue weighted by atomic mass is 10.1. The highest BCUT2D eigenvalue weighted by atomic mass is 16.5. The summed E-state index contributed by atoms with van der Waals surface area (Å²) in [5.41, 5.74) is 1.12. The first-order chi connectivity index (χ1) is 11.8. The third-order valence-corrected chi connectivity index (χ3v) is 4.15. The molecule has 5 nitrogen and oxygen atoms in total. The van der Waals surface area contributed by atoms with Crippen molar-refractivity contribution in [3.63, 3.8) is 0 Å². The Kier molecular flexibility index (Phi) is 5.82. The van der Waals surface area contributed by atoms with Crippen molar-refractivity contribution < 1.29 is 18.8 Å². The minimum atomic E-state index is -0.118. The number of carbonyl (C=O) groups excluding carboxylic acids is 1. The fourth-order valence-corrected chi connectivity index (χ4v) is 2.85. The van der Waals surface area contributed by atoms with E-state index in [0.29, 0.717) is 5.76 Å². The summed E-state index contributed by atoms with van der Waals surface area (Å²) in [4.78, 5) is 13.7. The predicted octanol–water partition coefficient (Wildman–Crippen LogP) is 1.07. The molecule has 1 fully saturated rings. The maximum Gasteiger partial charge on any atom is 0.244 e. The molecule has 3 rings (SSSR count). The minimum Gasteiger partial charge on any atom is -0.465 e. The van der Waals surface area contributed by atoms with Crippen molar-refractivity contribution >= 4 is 12.0 Å². The molecule has 1 aliphatic rings. The molecule has 0 radical (unpaired) electrons. The number of hydrogen-bond donors (Lipinski definition) is 2. The van der Waals surface area contributed by atoms with Crippen LogP contribution in [-0.4, -0.2) is 38.8 Å². The molecule has 0 spiro atoms. The molecule has 1 amide bonds. The molecule has 2 aromatic rings. The van der Waals surface area contributed by atoms with E-state index in [1.165, 1.54) is 11.0 Å². The van der Waals surface area contributed by atoms with E-state index in [1.54, 1.807) is 18.4 Å². The van der Waals surface area contributed by atoms with Gasteiger partial charge in [0, 0.05) is 6.08 Å². The highest BCUT2D eigenvalue weighted by molar-refractivity contribution is 5.91. The van der Waals surface area contributed by atoms with Gasteiger partial charge in [0.15, 0.2) is 0 Å². The molecule has 0 unspecified atom stereocenters. The van der Waals surface area contributed by atoms with Crippen LogP contribution in [0.2, 0.25) is 0 Å². The van der Waals surface area contributed by atoms with Gasteiger partial charge < -0.3 is 19.4 Å². The van der Waals surface area contributed by atoms with Crippen molar-refractivity contribution in [1.29, 1.82) is 0 Å². The van der Waals surface area contributed by atoms with Crippen molar-refractivity contribution in [3.8, 4) is 0 Å². The summed E-state index contributed by atoms with van der Waals surface area (Å²) >= 11 is 0. The van der Waals surface area contributed by atoms with Crippen molar-refractivity contribution in [2.24, 2.45) is 0 Å². The zero-order chi connectivity index (χ0) is 16.6. The van der Waals surface area contributed by atoms with Gasteiger partial charge in [0.05, 0.1) is 19.5 Å². The normalized spacial score (nSPS) is 17.0. The number of morpholine rings is 1. The monoisotopic (exact) mass is 327 g/mol. The van der Waals surface area contributed by atoms with Crippen LogP contribution in [0.15, 0.2) is 59.2 Å². The van der Waals surface area contributed by atoms with Crippen molar-refractivity contribution in [1.82, 2.24) is 5.32 Å². The van der Waals surface area contributed by atoms with E-state index < -0.39 is 0 Å². The molecule has 1 atom stereocenters. The summed E-state index contributed by atoms with van der Waals surface area (Å²) in [7, 11) is 0. The SMILES string of the molecule is O=C(/C=C/c1ccco1)N[C@@H](C[NH+]1CCOCC1)c1ccccc1. The van der Waals surface area contributed by atoms with Gasteiger partial charge in [0.25, 0.3) is 0 Å². The molecule has 0 aliphatic carbocycles. The molecule has 2 N–H and O–H groups in total. The van der Waals surface area contributed by atoms with Crippen molar-refractivity contribution in [2.45, 2.75) is 6.04 Å². The van der Waals surface area contributed by atoms with Crippen molar-refractivity contribution in [2.75, 3.05) is 32.8 Å². The van der Waals surface area contributed by atoms with Gasteiger partial charge in [0.1, 0.15) is 31.4 Å². The van der Waals surface area contributed by atoms with E-state index in [4.69, 9.17) is 9.15 Å². The van der Waals surface area contributed by atoms with Gasteiger partial charge >= 0.3 is 0 Å². The number of nitrogens with one attached hydrogen (secondary N) is 2. The standard InChI is InChI=1S/C19H22N2O3/c22-19(9-8-17-7-4-12-24-17)20-18(16-5-2-1-3-6-16)15-21-10-13-23-14-11-21/h1-9,12,18H,10-11,13-15H2,(H,20,22)/p+1/b9-8+/t18-/m0/s1. The zero-order valence-corrected chi connectivity index (χ0v) is 13.6. The molecule has 5 heteroatoms. The topological polar surface area (TPSA) is 55.9 Å². The Morgan fingerprint density at radius 3 is 2.67 bits per heavy atom. The van der Waals surface area contributed by atoms with Crippen molar-refractivity contribution in [3.05, 3.63) is 66.1 Å². The molecule has 2 heterocycles. The summed E-state index contributed by atoms with van der Waals surface area (Å²) in [6, 6.07) is 13.7. The van der Waals surface area contributed by atoms with Crippen LogP contribution < -0.4 is 10.2 Å². The minimum absolute atomic E-state index is 0.0203. The van der Waals surface area contributed by atoms with Gasteiger partial charge in [-0.3, -0.25) is 4.79 Å². The Hall–Kier alpha value is -2.37. The fraction of sp³-hybridized carbons (Fsp3) is 0.316. The number of hydrogen-bond acceptors (Lipinski definition) is 3. The predicted molar refractivity (Wildman–Crippen MR) is 91.5 cm³/mol. The van der Waals surface area contributed by atoms with Crippen LogP contribution in [0.4, 0.5) is 0 Å². The Morgan fingerprint density at radius 2 is 1.96 bits per heavy atom. The fourth-order valence-electron chi connectivity index (χ4n) is 2.85. The van der Waals surface area contributed by atoms with E-state index in [2.05, 4.69) is 17.4 Å². The van der Waals surface area contributed by atoms with Gasteiger partial charge in [-0.25, -0.2) is 0 Å². The number of carbonyl (C=O) groups is 1. The number of amides is 1. The average molecular weight is 327 g/mol. The Morgan fingerprint density at radius 1 is 1.17 bits per heavy atom. The van der Waals surface area contributed by atoms with Crippen LogP contribution in [-0.2, 0) is 9.53 Å². The molecule has 1 aliphatic heterocycles. The van der Waals surface area contributed by atoms with E-state index in [1.807, 2.05) is 24.3 Å². The van der Waals surface area contributed by atoms with Gasteiger partial charge in [-0.15, -0.1) is 0 Å². The number of rotatable bonds is 6. The highest BCUT2D eigenvalue weighted by Gasteiger charge is 2.22. The van der Waals surface area contributed by atoms with Crippen LogP contribution in [0.1, 0.15) is 17.4 Å². The summed E-state index contributed by atoms with van der Waals surface area (Å²) in [5, 5.41) is 3.11. The molecular formula is C19H23N2O3+. The highest BCUT2D eigenvalue weighted by Crippen LogP contribution is 2.11. The first kappa shape index (κ1) is 16.5. The van der Waals surface area contributed by atoms with Crippen LogP contribution >= 0.6 is 0 Å². The van der Waals surface area contributed by atoms with E-state index >= 15 is 0 Å². The lowest BCUT2D eigenvalue weighted by molar-refractivity contribution is -0.909. The molecule has 1 aromatic carbocycles. The van der Waals surface area contributed by atoms with Crippen LogP contribution in [0.25, 0.3) is 6.08 Å². The third-order valence-electron chi connectivity index (χ3n) is 4.15. The van der Waals surface area contributed by atoms with E-state index in [-0.39, 0.29) is 11.9 Å². The van der Waals surface area contributed by atoms with E-state index in [9.17, 15) is 4.79 Å².